The molecule has 0 aromatic heterocycles. The first-order valence-electron chi connectivity index (χ1n) is 5.17. The minimum absolute atomic E-state index is 0.00178. The molecule has 1 aromatic rings. The molecule has 84 valence electrons. The van der Waals surface area contributed by atoms with Crippen molar-refractivity contribution in [3.05, 3.63) is 28.3 Å². The van der Waals surface area contributed by atoms with E-state index in [4.69, 9.17) is 5.11 Å². The molecule has 1 amide bonds. The van der Waals surface area contributed by atoms with E-state index in [0.29, 0.717) is 24.0 Å². The van der Waals surface area contributed by atoms with Gasteiger partial charge in [-0.15, -0.1) is 0 Å². The van der Waals surface area contributed by atoms with Crippen molar-refractivity contribution in [1.82, 2.24) is 0 Å². The second-order valence-corrected chi connectivity index (χ2v) is 4.06. The van der Waals surface area contributed by atoms with E-state index in [0.717, 1.165) is 16.8 Å². The summed E-state index contributed by atoms with van der Waals surface area (Å²) in [6, 6.07) is 1.67. The molecule has 1 aliphatic heterocycles. The number of carboxylic acids is 1. The number of fused-ring (bicyclic) bond motifs is 1. The molecule has 0 aliphatic carbocycles. The van der Waals surface area contributed by atoms with Crippen molar-refractivity contribution in [3.63, 3.8) is 0 Å². The normalized spacial score (nSPS) is 14.2. The Labute approximate surface area is 93.3 Å². The van der Waals surface area contributed by atoms with Gasteiger partial charge in [0, 0.05) is 12.1 Å². The van der Waals surface area contributed by atoms with Crippen molar-refractivity contribution in [2.24, 2.45) is 0 Å². The highest BCUT2D eigenvalue weighted by Crippen LogP contribution is 2.30. The number of rotatable bonds is 1. The zero-order chi connectivity index (χ0) is 11.9. The Kier molecular flexibility index (Phi) is 2.42. The highest BCUT2D eigenvalue weighted by molar-refractivity contribution is 5.97. The molecule has 0 saturated carbocycles. The minimum Gasteiger partial charge on any atom is -0.478 e. The van der Waals surface area contributed by atoms with E-state index in [1.165, 1.54) is 0 Å². The average Bonchev–Trinajstić information content (AvgIpc) is 2.23. The van der Waals surface area contributed by atoms with Crippen LogP contribution in [0.3, 0.4) is 0 Å². The summed E-state index contributed by atoms with van der Waals surface area (Å²) in [5.74, 6) is -0.918. The molecule has 1 heterocycles. The second kappa shape index (κ2) is 3.63. The Hall–Kier alpha value is -1.84. The van der Waals surface area contributed by atoms with Crippen LogP contribution in [-0.4, -0.2) is 17.0 Å². The maximum atomic E-state index is 11.3. The first-order chi connectivity index (χ1) is 7.50. The molecule has 1 aliphatic rings. The number of hydrogen-bond donors (Lipinski definition) is 2. The van der Waals surface area contributed by atoms with Gasteiger partial charge in [-0.1, -0.05) is 0 Å². The number of hydrogen-bond acceptors (Lipinski definition) is 2. The van der Waals surface area contributed by atoms with E-state index < -0.39 is 5.97 Å². The minimum atomic E-state index is -0.916. The number of carboxylic acid groups (broad SMARTS) is 1. The van der Waals surface area contributed by atoms with E-state index in [1.54, 1.807) is 13.0 Å². The smallest absolute Gasteiger partial charge is 0.335 e. The van der Waals surface area contributed by atoms with Crippen LogP contribution in [0.25, 0.3) is 0 Å². The molecule has 0 spiro atoms. The largest absolute Gasteiger partial charge is 0.478 e. The molecule has 0 unspecified atom stereocenters. The van der Waals surface area contributed by atoms with Crippen LogP contribution in [0.1, 0.15) is 33.5 Å². The number of aryl methyl sites for hydroxylation is 1. The number of anilines is 1. The van der Waals surface area contributed by atoms with Crippen LogP contribution in [0.15, 0.2) is 6.07 Å². The standard InChI is InChI=1S/C12H13NO3/c1-6-7(2)11-8(3-4-10(14)13-11)5-9(6)12(15)16/h5H,3-4H2,1-2H3,(H,13,14)(H,15,16). The fourth-order valence-electron chi connectivity index (χ4n) is 2.03. The van der Waals surface area contributed by atoms with Crippen LogP contribution in [0.4, 0.5) is 5.69 Å². The van der Waals surface area contributed by atoms with Gasteiger partial charge in [0.15, 0.2) is 0 Å². The molecule has 2 N–H and O–H groups in total. The summed E-state index contributed by atoms with van der Waals surface area (Å²) >= 11 is 0. The third kappa shape index (κ3) is 1.56. The molecule has 16 heavy (non-hydrogen) atoms. The lowest BCUT2D eigenvalue weighted by molar-refractivity contribution is -0.116. The number of carbonyl (C=O) groups excluding carboxylic acids is 1. The lowest BCUT2D eigenvalue weighted by Crippen LogP contribution is -2.21. The predicted molar refractivity (Wildman–Crippen MR) is 59.8 cm³/mol. The van der Waals surface area contributed by atoms with E-state index >= 15 is 0 Å². The summed E-state index contributed by atoms with van der Waals surface area (Å²) < 4.78 is 0. The maximum absolute atomic E-state index is 11.3. The number of nitrogens with one attached hydrogen (secondary N) is 1. The molecule has 0 fully saturated rings. The third-order valence-corrected chi connectivity index (χ3v) is 3.10. The van der Waals surface area contributed by atoms with Gasteiger partial charge in [0.05, 0.1) is 5.56 Å². The van der Waals surface area contributed by atoms with E-state index in [9.17, 15) is 9.59 Å². The zero-order valence-electron chi connectivity index (χ0n) is 9.26. The SMILES string of the molecule is Cc1c(C(=O)O)cc2c(c1C)NC(=O)CC2. The van der Waals surface area contributed by atoms with Crippen molar-refractivity contribution in [2.75, 3.05) is 5.32 Å². The Morgan fingerprint density at radius 1 is 1.31 bits per heavy atom. The van der Waals surface area contributed by atoms with Gasteiger partial charge < -0.3 is 10.4 Å². The highest BCUT2D eigenvalue weighted by Gasteiger charge is 2.21. The zero-order valence-corrected chi connectivity index (χ0v) is 9.26. The first kappa shape index (κ1) is 10.7. The Bertz CT molecular complexity index is 492. The van der Waals surface area contributed by atoms with E-state index in [-0.39, 0.29) is 5.91 Å². The average molecular weight is 219 g/mol. The van der Waals surface area contributed by atoms with Gasteiger partial charge in [0.25, 0.3) is 0 Å². The van der Waals surface area contributed by atoms with Crippen LogP contribution in [0.2, 0.25) is 0 Å². The molecule has 0 bridgehead atoms. The van der Waals surface area contributed by atoms with E-state index in [1.807, 2.05) is 6.92 Å². The molecule has 0 atom stereocenters. The van der Waals surface area contributed by atoms with Gasteiger partial charge in [0.2, 0.25) is 5.91 Å². The summed E-state index contributed by atoms with van der Waals surface area (Å²) in [5.41, 5.74) is 3.60. The van der Waals surface area contributed by atoms with Crippen molar-refractivity contribution >= 4 is 17.6 Å². The molecule has 0 saturated heterocycles. The summed E-state index contributed by atoms with van der Waals surface area (Å²) in [4.78, 5) is 22.3. The summed E-state index contributed by atoms with van der Waals surface area (Å²) in [6.07, 6.45) is 1.04. The lowest BCUT2D eigenvalue weighted by Gasteiger charge is -2.21. The fraction of sp³-hybridized carbons (Fsp3) is 0.333. The van der Waals surface area contributed by atoms with Gasteiger partial charge in [-0.25, -0.2) is 4.79 Å². The second-order valence-electron chi connectivity index (χ2n) is 4.06. The fourth-order valence-corrected chi connectivity index (χ4v) is 2.03. The van der Waals surface area contributed by atoms with Crippen molar-refractivity contribution in [3.8, 4) is 0 Å². The monoisotopic (exact) mass is 219 g/mol. The van der Waals surface area contributed by atoms with Gasteiger partial charge in [-0.3, -0.25) is 4.79 Å². The molecular formula is C12H13NO3. The van der Waals surface area contributed by atoms with Gasteiger partial charge in [0.1, 0.15) is 0 Å². The molecule has 2 rings (SSSR count). The number of aromatic carboxylic acids is 1. The van der Waals surface area contributed by atoms with Crippen LogP contribution in [-0.2, 0) is 11.2 Å². The topological polar surface area (TPSA) is 66.4 Å². The quantitative estimate of drug-likeness (QED) is 0.757. The Balaban J connectivity index is 2.63. The lowest BCUT2D eigenvalue weighted by atomic mass is 9.92. The van der Waals surface area contributed by atoms with Gasteiger partial charge >= 0.3 is 5.97 Å². The van der Waals surface area contributed by atoms with E-state index in [2.05, 4.69) is 5.32 Å². The summed E-state index contributed by atoms with van der Waals surface area (Å²) in [7, 11) is 0. The van der Waals surface area contributed by atoms with Gasteiger partial charge in [-0.05, 0) is 43.0 Å². The maximum Gasteiger partial charge on any atom is 0.335 e. The molecule has 4 heteroatoms. The molecule has 0 radical (unpaired) electrons. The summed E-state index contributed by atoms with van der Waals surface area (Å²) in [5, 5.41) is 11.9. The highest BCUT2D eigenvalue weighted by atomic mass is 16.4. The van der Waals surface area contributed by atoms with Crippen LogP contribution < -0.4 is 5.32 Å². The number of amides is 1. The molecule has 4 nitrogen and oxygen atoms in total. The molecule has 1 aromatic carbocycles. The van der Waals surface area contributed by atoms with Crippen molar-refractivity contribution in [1.29, 1.82) is 0 Å². The Morgan fingerprint density at radius 3 is 2.62 bits per heavy atom. The first-order valence-corrected chi connectivity index (χ1v) is 5.17. The van der Waals surface area contributed by atoms with Gasteiger partial charge in [-0.2, -0.15) is 0 Å². The molecular weight excluding hydrogens is 206 g/mol. The summed E-state index contributed by atoms with van der Waals surface area (Å²) in [6.45, 7) is 3.60. The number of benzene rings is 1. The van der Waals surface area contributed by atoms with Crippen LogP contribution in [0, 0.1) is 13.8 Å². The number of carbonyl (C=O) groups is 2. The third-order valence-electron chi connectivity index (χ3n) is 3.10. The van der Waals surface area contributed by atoms with Crippen LogP contribution in [0.5, 0.6) is 0 Å². The predicted octanol–water partition coefficient (Wildman–Crippen LogP) is 1.89. The Morgan fingerprint density at radius 2 is 2.00 bits per heavy atom. The van der Waals surface area contributed by atoms with Crippen molar-refractivity contribution < 1.29 is 14.7 Å². The van der Waals surface area contributed by atoms with Crippen molar-refractivity contribution in [2.45, 2.75) is 26.7 Å². The van der Waals surface area contributed by atoms with Crippen LogP contribution >= 0.6 is 0 Å².